The molecule has 0 aliphatic heterocycles. The molecule has 0 aromatic heterocycles. The Bertz CT molecular complexity index is 1000. The van der Waals surface area contributed by atoms with Gasteiger partial charge in [-0.3, -0.25) is 10.1 Å². The first kappa shape index (κ1) is 19.1. The van der Waals surface area contributed by atoms with Gasteiger partial charge in [0.15, 0.2) is 0 Å². The molecule has 0 fully saturated rings. The van der Waals surface area contributed by atoms with Crippen molar-refractivity contribution in [3.63, 3.8) is 0 Å². The van der Waals surface area contributed by atoms with Gasteiger partial charge in [0.2, 0.25) is 0 Å². The van der Waals surface area contributed by atoms with Crippen molar-refractivity contribution < 1.29 is 14.5 Å². The molecule has 6 heteroatoms. The molecule has 0 saturated carbocycles. The number of nitrogens with two attached hydrogens (primary N) is 1. The first-order chi connectivity index (χ1) is 13.5. The zero-order chi connectivity index (χ0) is 20.1. The maximum Gasteiger partial charge on any atom is 0.338 e. The van der Waals surface area contributed by atoms with E-state index in [4.69, 9.17) is 10.5 Å². The summed E-state index contributed by atoms with van der Waals surface area (Å²) < 4.78 is 4.89. The van der Waals surface area contributed by atoms with Crippen LogP contribution in [0.3, 0.4) is 0 Å². The number of methoxy groups -OCH3 is 1. The van der Waals surface area contributed by atoms with Crippen molar-refractivity contribution >= 4 is 17.3 Å². The number of anilines is 1. The monoisotopic (exact) mass is 376 g/mol. The molecule has 0 atom stereocenters. The second-order valence-electron chi connectivity index (χ2n) is 6.40. The molecule has 0 unspecified atom stereocenters. The van der Waals surface area contributed by atoms with Gasteiger partial charge in [-0.15, -0.1) is 0 Å². The average Bonchev–Trinajstić information content (AvgIpc) is 2.70. The molecular formula is C22H20N2O4. The molecule has 0 amide bonds. The Morgan fingerprint density at radius 1 is 1.00 bits per heavy atom. The van der Waals surface area contributed by atoms with Crippen LogP contribution in [0.15, 0.2) is 66.7 Å². The molecule has 0 spiro atoms. The Balaban J connectivity index is 2.18. The Hall–Kier alpha value is -3.67. The summed E-state index contributed by atoms with van der Waals surface area (Å²) in [6.45, 7) is 0. The van der Waals surface area contributed by atoms with Crippen LogP contribution in [0, 0.1) is 10.1 Å². The summed E-state index contributed by atoms with van der Waals surface area (Å²) in [5.41, 5.74) is 8.77. The van der Waals surface area contributed by atoms with Crippen LogP contribution in [0.4, 0.5) is 11.4 Å². The van der Waals surface area contributed by atoms with Gasteiger partial charge in [0, 0.05) is 6.42 Å². The topological polar surface area (TPSA) is 95.5 Å². The van der Waals surface area contributed by atoms with E-state index in [1.54, 1.807) is 6.07 Å². The van der Waals surface area contributed by atoms with E-state index in [1.165, 1.54) is 7.11 Å². The third kappa shape index (κ3) is 4.01. The van der Waals surface area contributed by atoms with Gasteiger partial charge >= 0.3 is 5.97 Å². The molecule has 3 rings (SSSR count). The number of carbonyl (C=O) groups excluding carboxylic acids is 1. The maximum absolute atomic E-state index is 12.4. The number of hydrogen-bond donors (Lipinski definition) is 1. The smallest absolute Gasteiger partial charge is 0.338 e. The van der Waals surface area contributed by atoms with Gasteiger partial charge in [-0.1, -0.05) is 60.7 Å². The molecule has 3 aromatic rings. The predicted octanol–water partition coefficient (Wildman–Crippen LogP) is 4.15. The quantitative estimate of drug-likeness (QED) is 0.302. The molecule has 28 heavy (non-hydrogen) atoms. The second kappa shape index (κ2) is 8.35. The fourth-order valence-electron chi connectivity index (χ4n) is 3.22. The lowest BCUT2D eigenvalue weighted by Crippen LogP contribution is -2.13. The van der Waals surface area contributed by atoms with E-state index in [-0.39, 0.29) is 28.9 Å². The Labute approximate surface area is 162 Å². The van der Waals surface area contributed by atoms with Crippen LogP contribution >= 0.6 is 0 Å². The Morgan fingerprint density at radius 2 is 1.54 bits per heavy atom. The number of hydrogen-bond acceptors (Lipinski definition) is 5. The molecule has 0 heterocycles. The van der Waals surface area contributed by atoms with E-state index in [1.807, 2.05) is 60.7 Å². The molecule has 0 saturated heterocycles. The molecule has 0 aliphatic rings. The summed E-state index contributed by atoms with van der Waals surface area (Å²) in [6.07, 6.45) is 0.584. The first-order valence-corrected chi connectivity index (χ1v) is 8.76. The third-order valence-electron chi connectivity index (χ3n) is 4.58. The fourth-order valence-corrected chi connectivity index (χ4v) is 3.22. The number of benzene rings is 3. The number of nitro groups is 1. The summed E-state index contributed by atoms with van der Waals surface area (Å²) in [5, 5.41) is 11.9. The van der Waals surface area contributed by atoms with Gasteiger partial charge in [-0.25, -0.2) is 4.79 Å². The largest absolute Gasteiger partial charge is 0.465 e. The highest BCUT2D eigenvalue weighted by Crippen LogP contribution is 2.36. The minimum absolute atomic E-state index is 0.0763. The summed E-state index contributed by atoms with van der Waals surface area (Å²) >= 11 is 0. The number of nitrogens with zero attached hydrogens (tertiary/aromatic N) is 1. The lowest BCUT2D eigenvalue weighted by molar-refractivity contribution is -0.384. The number of nitro benzene ring substituents is 1. The zero-order valence-corrected chi connectivity index (χ0v) is 15.4. The molecular weight excluding hydrogens is 356 g/mol. The van der Waals surface area contributed by atoms with E-state index in [0.717, 1.165) is 11.1 Å². The van der Waals surface area contributed by atoms with E-state index >= 15 is 0 Å². The molecule has 3 aromatic carbocycles. The number of ether oxygens (including phenoxy) is 1. The lowest BCUT2D eigenvalue weighted by atomic mass is 9.92. The van der Waals surface area contributed by atoms with Crippen molar-refractivity contribution in [2.24, 2.45) is 0 Å². The predicted molar refractivity (Wildman–Crippen MR) is 107 cm³/mol. The summed E-state index contributed by atoms with van der Waals surface area (Å²) in [4.78, 5) is 23.8. The van der Waals surface area contributed by atoms with Gasteiger partial charge in [0.1, 0.15) is 5.69 Å². The first-order valence-electron chi connectivity index (χ1n) is 8.76. The zero-order valence-electron chi connectivity index (χ0n) is 15.4. The fraction of sp³-hybridized carbons (Fsp3) is 0.136. The van der Waals surface area contributed by atoms with E-state index in [2.05, 4.69) is 0 Å². The maximum atomic E-state index is 12.4. The minimum Gasteiger partial charge on any atom is -0.465 e. The van der Waals surface area contributed by atoms with E-state index in [9.17, 15) is 14.9 Å². The summed E-state index contributed by atoms with van der Waals surface area (Å²) in [6, 6.07) is 20.3. The van der Waals surface area contributed by atoms with Crippen LogP contribution in [-0.2, 0) is 17.6 Å². The summed E-state index contributed by atoms with van der Waals surface area (Å²) in [5.74, 6) is -0.622. The highest BCUT2D eigenvalue weighted by atomic mass is 16.6. The van der Waals surface area contributed by atoms with Gasteiger partial charge in [0.05, 0.1) is 23.2 Å². The molecule has 6 nitrogen and oxygen atoms in total. The van der Waals surface area contributed by atoms with Crippen LogP contribution in [0.25, 0.3) is 0 Å². The second-order valence-corrected chi connectivity index (χ2v) is 6.40. The van der Waals surface area contributed by atoms with Crippen LogP contribution < -0.4 is 5.73 Å². The van der Waals surface area contributed by atoms with Crippen molar-refractivity contribution in [3.8, 4) is 0 Å². The number of nitrogen functional groups attached to an aromatic ring is 1. The standard InChI is InChI=1S/C22H20N2O4/c1-28-22(25)19-14-17(12-15-8-4-2-5-9-15)20(23)21(24(26)27)18(19)13-16-10-6-3-7-11-16/h2-11,14H,12-13,23H2,1H3. The highest BCUT2D eigenvalue weighted by molar-refractivity contribution is 5.94. The van der Waals surface area contributed by atoms with Crippen molar-refractivity contribution in [2.75, 3.05) is 12.8 Å². The lowest BCUT2D eigenvalue weighted by Gasteiger charge is -2.15. The van der Waals surface area contributed by atoms with Crippen LogP contribution in [0.5, 0.6) is 0 Å². The van der Waals surface area contributed by atoms with Gasteiger partial charge in [-0.05, 0) is 29.2 Å². The number of rotatable bonds is 6. The van der Waals surface area contributed by atoms with Crippen LogP contribution in [0.2, 0.25) is 0 Å². The molecule has 2 N–H and O–H groups in total. The average molecular weight is 376 g/mol. The third-order valence-corrected chi connectivity index (χ3v) is 4.58. The number of esters is 1. The van der Waals surface area contributed by atoms with Gasteiger partial charge in [-0.2, -0.15) is 0 Å². The van der Waals surface area contributed by atoms with Crippen molar-refractivity contribution in [2.45, 2.75) is 12.8 Å². The van der Waals surface area contributed by atoms with Crippen molar-refractivity contribution in [1.82, 2.24) is 0 Å². The van der Waals surface area contributed by atoms with E-state index in [0.29, 0.717) is 12.0 Å². The SMILES string of the molecule is COC(=O)c1cc(Cc2ccccc2)c(N)c([N+](=O)[O-])c1Cc1ccccc1. The summed E-state index contributed by atoms with van der Waals surface area (Å²) in [7, 11) is 1.26. The highest BCUT2D eigenvalue weighted by Gasteiger charge is 2.28. The Morgan fingerprint density at radius 3 is 2.04 bits per heavy atom. The molecule has 0 radical (unpaired) electrons. The van der Waals surface area contributed by atoms with Gasteiger partial charge < -0.3 is 10.5 Å². The Kier molecular flexibility index (Phi) is 5.69. The van der Waals surface area contributed by atoms with Crippen LogP contribution in [0.1, 0.15) is 32.6 Å². The number of carbonyl (C=O) groups is 1. The molecule has 0 aliphatic carbocycles. The van der Waals surface area contributed by atoms with Crippen molar-refractivity contribution in [1.29, 1.82) is 0 Å². The van der Waals surface area contributed by atoms with Gasteiger partial charge in [0.25, 0.3) is 5.69 Å². The molecule has 142 valence electrons. The van der Waals surface area contributed by atoms with Crippen LogP contribution in [-0.4, -0.2) is 18.0 Å². The van der Waals surface area contributed by atoms with Crippen molar-refractivity contribution in [3.05, 3.63) is 105 Å². The molecule has 0 bridgehead atoms. The normalized spacial score (nSPS) is 10.5. The minimum atomic E-state index is -0.622. The van der Waals surface area contributed by atoms with E-state index < -0.39 is 10.9 Å².